The Hall–Kier alpha value is -0.940. The van der Waals surface area contributed by atoms with Gasteiger partial charge < -0.3 is 5.11 Å². The number of halogens is 2. The van der Waals surface area contributed by atoms with Crippen LogP contribution >= 0.6 is 15.9 Å². The molecule has 2 N–H and O–H groups in total. The summed E-state index contributed by atoms with van der Waals surface area (Å²) in [6, 6.07) is 4.30. The van der Waals surface area contributed by atoms with Gasteiger partial charge >= 0.3 is 5.97 Å². The third-order valence-electron chi connectivity index (χ3n) is 2.76. The van der Waals surface area contributed by atoms with Crippen molar-refractivity contribution in [1.29, 1.82) is 0 Å². The molecule has 18 heavy (non-hydrogen) atoms. The normalized spacial score (nSPS) is 14.6. The monoisotopic (exact) mass is 317 g/mol. The van der Waals surface area contributed by atoms with Crippen LogP contribution in [-0.4, -0.2) is 17.6 Å². The minimum absolute atomic E-state index is 0.130. The first-order valence-electron chi connectivity index (χ1n) is 5.71. The standard InChI is InChI=1S/C13H17BrFNO2/c1-8(2)7-16-13(3,12(17)18)10-6-9(14)4-5-11(10)15/h4-6,8,16H,7H2,1-3H3,(H,17,18). The van der Waals surface area contributed by atoms with E-state index in [0.717, 1.165) is 0 Å². The summed E-state index contributed by atoms with van der Waals surface area (Å²) in [5.74, 6) is -1.35. The largest absolute Gasteiger partial charge is 0.480 e. The molecule has 1 aromatic carbocycles. The number of aliphatic carboxylic acids is 1. The number of carboxylic acids is 1. The van der Waals surface area contributed by atoms with Crippen molar-refractivity contribution in [3.8, 4) is 0 Å². The number of carbonyl (C=O) groups is 1. The van der Waals surface area contributed by atoms with Gasteiger partial charge in [0.15, 0.2) is 0 Å². The van der Waals surface area contributed by atoms with E-state index in [1.165, 1.54) is 19.1 Å². The maximum Gasteiger partial charge on any atom is 0.328 e. The first-order valence-corrected chi connectivity index (χ1v) is 6.50. The van der Waals surface area contributed by atoms with Gasteiger partial charge in [0.25, 0.3) is 0 Å². The van der Waals surface area contributed by atoms with Crippen LogP contribution in [0.25, 0.3) is 0 Å². The molecule has 0 radical (unpaired) electrons. The van der Waals surface area contributed by atoms with Gasteiger partial charge in [0.05, 0.1) is 0 Å². The lowest BCUT2D eigenvalue weighted by Crippen LogP contribution is -2.48. The molecule has 3 nitrogen and oxygen atoms in total. The molecule has 0 heterocycles. The summed E-state index contributed by atoms with van der Waals surface area (Å²) >= 11 is 3.23. The number of rotatable bonds is 5. The summed E-state index contributed by atoms with van der Waals surface area (Å²) in [7, 11) is 0. The highest BCUT2D eigenvalue weighted by molar-refractivity contribution is 9.10. The van der Waals surface area contributed by atoms with Gasteiger partial charge in [-0.15, -0.1) is 0 Å². The molecule has 5 heteroatoms. The van der Waals surface area contributed by atoms with Crippen LogP contribution in [0.5, 0.6) is 0 Å². The number of hydrogen-bond donors (Lipinski definition) is 2. The van der Waals surface area contributed by atoms with Crippen molar-refractivity contribution in [2.45, 2.75) is 26.3 Å². The zero-order chi connectivity index (χ0) is 13.9. The van der Waals surface area contributed by atoms with Gasteiger partial charge in [-0.25, -0.2) is 9.18 Å². The summed E-state index contributed by atoms with van der Waals surface area (Å²) in [5.41, 5.74) is -1.30. The Morgan fingerprint density at radius 2 is 2.17 bits per heavy atom. The molecule has 0 saturated heterocycles. The van der Waals surface area contributed by atoms with Gasteiger partial charge in [-0.3, -0.25) is 5.32 Å². The van der Waals surface area contributed by atoms with Crippen LogP contribution in [0.15, 0.2) is 22.7 Å². The van der Waals surface area contributed by atoms with Crippen molar-refractivity contribution in [2.75, 3.05) is 6.54 Å². The highest BCUT2D eigenvalue weighted by Gasteiger charge is 2.37. The molecule has 100 valence electrons. The van der Waals surface area contributed by atoms with Gasteiger partial charge in [0, 0.05) is 10.0 Å². The van der Waals surface area contributed by atoms with Crippen LogP contribution in [0.1, 0.15) is 26.3 Å². The first-order chi connectivity index (χ1) is 8.27. The van der Waals surface area contributed by atoms with Crippen molar-refractivity contribution in [2.24, 2.45) is 5.92 Å². The third kappa shape index (κ3) is 3.29. The summed E-state index contributed by atoms with van der Waals surface area (Å²) in [6.07, 6.45) is 0. The summed E-state index contributed by atoms with van der Waals surface area (Å²) < 4.78 is 14.5. The van der Waals surface area contributed by atoms with Gasteiger partial charge in [0.1, 0.15) is 11.4 Å². The van der Waals surface area contributed by atoms with Crippen LogP contribution < -0.4 is 5.32 Å². The molecular weight excluding hydrogens is 301 g/mol. The van der Waals surface area contributed by atoms with E-state index < -0.39 is 17.3 Å². The fraction of sp³-hybridized carbons (Fsp3) is 0.462. The van der Waals surface area contributed by atoms with Crippen molar-refractivity contribution in [3.05, 3.63) is 34.1 Å². The molecule has 1 rings (SSSR count). The molecule has 0 amide bonds. The molecule has 0 spiro atoms. The molecule has 1 aromatic rings. The second-order valence-corrected chi connectivity index (χ2v) is 5.74. The molecule has 1 unspecified atom stereocenters. The van der Waals surface area contributed by atoms with Crippen LogP contribution in [0.3, 0.4) is 0 Å². The van der Waals surface area contributed by atoms with Crippen LogP contribution in [0, 0.1) is 11.7 Å². The predicted molar refractivity (Wildman–Crippen MR) is 71.9 cm³/mol. The highest BCUT2D eigenvalue weighted by atomic mass is 79.9. The fourth-order valence-electron chi connectivity index (χ4n) is 1.57. The zero-order valence-electron chi connectivity index (χ0n) is 10.6. The average molecular weight is 318 g/mol. The summed E-state index contributed by atoms with van der Waals surface area (Å²) in [6.45, 7) is 5.90. The number of benzene rings is 1. The number of carboxylic acid groups (broad SMARTS) is 1. The lowest BCUT2D eigenvalue weighted by molar-refractivity contribution is -0.144. The van der Waals surface area contributed by atoms with Crippen molar-refractivity contribution in [1.82, 2.24) is 5.32 Å². The molecule has 0 aliphatic carbocycles. The molecule has 0 fully saturated rings. The molecule has 0 bridgehead atoms. The Balaban J connectivity index is 3.18. The Morgan fingerprint density at radius 1 is 1.56 bits per heavy atom. The third-order valence-corrected chi connectivity index (χ3v) is 3.25. The molecule has 1 atom stereocenters. The highest BCUT2D eigenvalue weighted by Crippen LogP contribution is 2.27. The van der Waals surface area contributed by atoms with Gasteiger partial charge in [-0.05, 0) is 37.6 Å². The molecular formula is C13H17BrFNO2. The average Bonchev–Trinajstić information content (AvgIpc) is 2.29. The molecule has 0 aliphatic rings. The Morgan fingerprint density at radius 3 is 2.67 bits per heavy atom. The molecule has 0 aromatic heterocycles. The van der Waals surface area contributed by atoms with E-state index in [1.54, 1.807) is 6.07 Å². The quantitative estimate of drug-likeness (QED) is 0.877. The zero-order valence-corrected chi connectivity index (χ0v) is 12.2. The van der Waals surface area contributed by atoms with Crippen molar-refractivity contribution >= 4 is 21.9 Å². The van der Waals surface area contributed by atoms with Crippen LogP contribution in [-0.2, 0) is 10.3 Å². The second kappa shape index (κ2) is 5.80. The lowest BCUT2D eigenvalue weighted by Gasteiger charge is -2.28. The first kappa shape index (κ1) is 15.1. The van der Waals surface area contributed by atoms with Gasteiger partial charge in [-0.1, -0.05) is 29.8 Å². The maximum absolute atomic E-state index is 13.8. The van der Waals surface area contributed by atoms with Crippen LogP contribution in [0.2, 0.25) is 0 Å². The predicted octanol–water partition coefficient (Wildman–Crippen LogP) is 3.13. The van der Waals surface area contributed by atoms with Gasteiger partial charge in [-0.2, -0.15) is 0 Å². The maximum atomic E-state index is 13.8. The minimum Gasteiger partial charge on any atom is -0.480 e. The number of hydrogen-bond acceptors (Lipinski definition) is 2. The van der Waals surface area contributed by atoms with E-state index >= 15 is 0 Å². The van der Waals surface area contributed by atoms with Crippen molar-refractivity contribution in [3.63, 3.8) is 0 Å². The fourth-order valence-corrected chi connectivity index (χ4v) is 1.94. The Bertz CT molecular complexity index is 451. The van der Waals surface area contributed by atoms with E-state index in [2.05, 4.69) is 21.2 Å². The summed E-state index contributed by atoms with van der Waals surface area (Å²) in [4.78, 5) is 11.5. The van der Waals surface area contributed by atoms with E-state index in [9.17, 15) is 14.3 Å². The molecule has 0 saturated carbocycles. The molecule has 0 aliphatic heterocycles. The van der Waals surface area contributed by atoms with Crippen LogP contribution in [0.4, 0.5) is 4.39 Å². The SMILES string of the molecule is CC(C)CNC(C)(C(=O)O)c1cc(Br)ccc1F. The second-order valence-electron chi connectivity index (χ2n) is 4.83. The summed E-state index contributed by atoms with van der Waals surface area (Å²) in [5, 5.41) is 12.3. The van der Waals surface area contributed by atoms with E-state index in [1.807, 2.05) is 13.8 Å². The Labute approximate surface area is 115 Å². The number of nitrogens with one attached hydrogen (secondary N) is 1. The topological polar surface area (TPSA) is 49.3 Å². The van der Waals surface area contributed by atoms with E-state index in [-0.39, 0.29) is 11.5 Å². The minimum atomic E-state index is -1.43. The van der Waals surface area contributed by atoms with E-state index in [0.29, 0.717) is 11.0 Å². The Kier molecular flexibility index (Phi) is 4.87. The lowest BCUT2D eigenvalue weighted by atomic mass is 9.91. The smallest absolute Gasteiger partial charge is 0.328 e. The van der Waals surface area contributed by atoms with E-state index in [4.69, 9.17) is 0 Å². The van der Waals surface area contributed by atoms with Gasteiger partial charge in [0.2, 0.25) is 0 Å². The van der Waals surface area contributed by atoms with Crippen molar-refractivity contribution < 1.29 is 14.3 Å².